The summed E-state index contributed by atoms with van der Waals surface area (Å²) < 4.78 is 0. The van der Waals surface area contributed by atoms with Crippen LogP contribution in [0.2, 0.25) is 0 Å². The molecule has 0 spiro atoms. The minimum Gasteiger partial charge on any atom is -0.340 e. The van der Waals surface area contributed by atoms with Crippen LogP contribution in [0, 0.1) is 13.8 Å². The van der Waals surface area contributed by atoms with Crippen LogP contribution >= 0.6 is 0 Å². The fraction of sp³-hybridized carbons (Fsp3) is 0.190. The van der Waals surface area contributed by atoms with Crippen LogP contribution in [-0.4, -0.2) is 23.8 Å². The largest absolute Gasteiger partial charge is 0.340 e. The van der Waals surface area contributed by atoms with Gasteiger partial charge in [-0.05, 0) is 48.7 Å². The van der Waals surface area contributed by atoms with Gasteiger partial charge in [0.2, 0.25) is 17.7 Å². The normalized spacial score (nSPS) is 15.8. The molecule has 3 amide bonds. The van der Waals surface area contributed by atoms with Crippen molar-refractivity contribution in [3.8, 4) is 0 Å². The predicted molar refractivity (Wildman–Crippen MR) is 104 cm³/mol. The van der Waals surface area contributed by atoms with Crippen molar-refractivity contribution in [1.29, 1.82) is 0 Å². The quantitative estimate of drug-likeness (QED) is 0.730. The van der Waals surface area contributed by atoms with Gasteiger partial charge in [-0.1, -0.05) is 24.3 Å². The van der Waals surface area contributed by atoms with Crippen molar-refractivity contribution in [2.45, 2.75) is 26.3 Å². The van der Waals surface area contributed by atoms with Gasteiger partial charge >= 0.3 is 0 Å². The SMILES string of the molecule is Cc1cc(C)cc(NC(=O)/C=C/C(=O)NC2Cc3ccccc3NC2=O)c1. The van der Waals surface area contributed by atoms with Crippen LogP contribution in [0.25, 0.3) is 0 Å². The molecule has 0 saturated carbocycles. The van der Waals surface area contributed by atoms with E-state index in [-0.39, 0.29) is 5.91 Å². The van der Waals surface area contributed by atoms with Crippen LogP contribution in [0.1, 0.15) is 16.7 Å². The van der Waals surface area contributed by atoms with E-state index in [2.05, 4.69) is 16.0 Å². The van der Waals surface area contributed by atoms with E-state index in [9.17, 15) is 14.4 Å². The smallest absolute Gasteiger partial charge is 0.248 e. The molecule has 2 aromatic carbocycles. The number of hydrogen-bond acceptors (Lipinski definition) is 3. The average molecular weight is 363 g/mol. The first kappa shape index (κ1) is 18.4. The molecule has 6 heteroatoms. The van der Waals surface area contributed by atoms with Crippen molar-refractivity contribution in [2.75, 3.05) is 10.6 Å². The molecule has 0 aliphatic carbocycles. The number of fused-ring (bicyclic) bond motifs is 1. The molecule has 138 valence electrons. The van der Waals surface area contributed by atoms with Crippen molar-refractivity contribution < 1.29 is 14.4 Å². The number of carbonyl (C=O) groups is 3. The molecular formula is C21H21N3O3. The number of nitrogens with one attached hydrogen (secondary N) is 3. The molecule has 0 radical (unpaired) electrons. The monoisotopic (exact) mass is 363 g/mol. The van der Waals surface area contributed by atoms with Gasteiger partial charge in [0.15, 0.2) is 0 Å². The Labute approximate surface area is 157 Å². The summed E-state index contributed by atoms with van der Waals surface area (Å²) >= 11 is 0. The van der Waals surface area contributed by atoms with Crippen molar-refractivity contribution in [2.24, 2.45) is 0 Å². The Kier molecular flexibility index (Phi) is 5.35. The maximum atomic E-state index is 12.1. The molecule has 3 rings (SSSR count). The molecule has 27 heavy (non-hydrogen) atoms. The van der Waals surface area contributed by atoms with E-state index >= 15 is 0 Å². The lowest BCUT2D eigenvalue weighted by Gasteiger charge is -2.24. The third kappa shape index (κ3) is 4.82. The maximum Gasteiger partial charge on any atom is 0.248 e. The summed E-state index contributed by atoms with van der Waals surface area (Å²) in [5, 5.41) is 8.11. The molecule has 1 aliphatic heterocycles. The number of carbonyl (C=O) groups excluding carboxylic acids is 3. The highest BCUT2D eigenvalue weighted by atomic mass is 16.2. The van der Waals surface area contributed by atoms with Gasteiger partial charge in [-0.15, -0.1) is 0 Å². The number of para-hydroxylation sites is 1. The lowest BCUT2D eigenvalue weighted by Crippen LogP contribution is -2.47. The number of aryl methyl sites for hydroxylation is 2. The zero-order valence-corrected chi connectivity index (χ0v) is 15.2. The van der Waals surface area contributed by atoms with Gasteiger partial charge in [-0.2, -0.15) is 0 Å². The van der Waals surface area contributed by atoms with E-state index in [0.717, 1.165) is 34.5 Å². The van der Waals surface area contributed by atoms with Crippen molar-refractivity contribution in [3.63, 3.8) is 0 Å². The van der Waals surface area contributed by atoms with Crippen molar-refractivity contribution in [1.82, 2.24) is 5.32 Å². The van der Waals surface area contributed by atoms with Crippen LogP contribution in [0.5, 0.6) is 0 Å². The van der Waals surface area contributed by atoms with Gasteiger partial charge in [-0.25, -0.2) is 0 Å². The molecular weight excluding hydrogens is 342 g/mol. The summed E-state index contributed by atoms with van der Waals surface area (Å²) in [5.41, 5.74) is 4.47. The molecule has 1 unspecified atom stereocenters. The first-order chi connectivity index (χ1) is 12.9. The lowest BCUT2D eigenvalue weighted by atomic mass is 9.99. The summed E-state index contributed by atoms with van der Waals surface area (Å²) in [4.78, 5) is 36.2. The van der Waals surface area contributed by atoms with Gasteiger partial charge in [0.1, 0.15) is 6.04 Å². The molecule has 1 heterocycles. The van der Waals surface area contributed by atoms with Gasteiger partial charge in [0.05, 0.1) is 0 Å². The number of amides is 3. The van der Waals surface area contributed by atoms with E-state index < -0.39 is 17.9 Å². The fourth-order valence-electron chi connectivity index (χ4n) is 3.07. The summed E-state index contributed by atoms with van der Waals surface area (Å²) in [5.74, 6) is -1.17. The van der Waals surface area contributed by atoms with E-state index in [1.807, 2.05) is 56.3 Å². The van der Waals surface area contributed by atoms with Crippen molar-refractivity contribution in [3.05, 3.63) is 71.3 Å². The van der Waals surface area contributed by atoms with E-state index in [0.29, 0.717) is 12.1 Å². The van der Waals surface area contributed by atoms with E-state index in [4.69, 9.17) is 0 Å². The standard InChI is InChI=1S/C21H21N3O3/c1-13-9-14(2)11-16(10-13)22-19(25)7-8-20(26)23-18-12-15-5-3-4-6-17(15)24-21(18)27/h3-11,18H,12H2,1-2H3,(H,22,25)(H,23,26)(H,24,27)/b8-7+. The van der Waals surface area contributed by atoms with Crippen LogP contribution in [0.4, 0.5) is 11.4 Å². The highest BCUT2D eigenvalue weighted by molar-refractivity contribution is 6.05. The summed E-state index contributed by atoms with van der Waals surface area (Å²) in [6.45, 7) is 3.89. The minimum atomic E-state index is -0.667. The Bertz CT molecular complexity index is 914. The van der Waals surface area contributed by atoms with Crippen LogP contribution in [0.3, 0.4) is 0 Å². The second-order valence-corrected chi connectivity index (χ2v) is 6.61. The maximum absolute atomic E-state index is 12.1. The predicted octanol–water partition coefficient (Wildman–Crippen LogP) is 2.48. The Morgan fingerprint density at radius 2 is 1.70 bits per heavy atom. The number of benzene rings is 2. The Hall–Kier alpha value is -3.41. The van der Waals surface area contributed by atoms with Crippen LogP contribution < -0.4 is 16.0 Å². The van der Waals surface area contributed by atoms with Gasteiger partial charge < -0.3 is 16.0 Å². The number of anilines is 2. The topological polar surface area (TPSA) is 87.3 Å². The third-order valence-corrected chi connectivity index (χ3v) is 4.21. The summed E-state index contributed by atoms with van der Waals surface area (Å²) in [6.07, 6.45) is 2.70. The number of hydrogen-bond donors (Lipinski definition) is 3. The fourth-order valence-corrected chi connectivity index (χ4v) is 3.07. The molecule has 2 aromatic rings. The zero-order valence-electron chi connectivity index (χ0n) is 15.2. The van der Waals surface area contributed by atoms with Gasteiger partial charge in [0.25, 0.3) is 0 Å². The first-order valence-corrected chi connectivity index (χ1v) is 8.67. The molecule has 3 N–H and O–H groups in total. The van der Waals surface area contributed by atoms with Crippen molar-refractivity contribution >= 4 is 29.1 Å². The lowest BCUT2D eigenvalue weighted by molar-refractivity contribution is -0.124. The zero-order chi connectivity index (χ0) is 19.4. The molecule has 6 nitrogen and oxygen atoms in total. The van der Waals surface area contributed by atoms with Gasteiger partial charge in [0, 0.05) is 29.9 Å². The third-order valence-electron chi connectivity index (χ3n) is 4.21. The summed E-state index contributed by atoms with van der Waals surface area (Å²) in [6, 6.07) is 12.5. The molecule has 0 fully saturated rings. The van der Waals surface area contributed by atoms with Gasteiger partial charge in [-0.3, -0.25) is 14.4 Å². The molecule has 0 saturated heterocycles. The Morgan fingerprint density at radius 3 is 2.44 bits per heavy atom. The second kappa shape index (κ2) is 7.86. The highest BCUT2D eigenvalue weighted by Crippen LogP contribution is 2.21. The molecule has 0 aromatic heterocycles. The molecule has 0 bridgehead atoms. The minimum absolute atomic E-state index is 0.268. The highest BCUT2D eigenvalue weighted by Gasteiger charge is 2.26. The van der Waals surface area contributed by atoms with E-state index in [1.54, 1.807) is 0 Å². The summed E-state index contributed by atoms with van der Waals surface area (Å²) in [7, 11) is 0. The van der Waals surface area contributed by atoms with E-state index in [1.165, 1.54) is 0 Å². The first-order valence-electron chi connectivity index (χ1n) is 8.67. The second-order valence-electron chi connectivity index (χ2n) is 6.61. The molecule has 1 atom stereocenters. The number of rotatable bonds is 4. The Morgan fingerprint density at radius 1 is 1.04 bits per heavy atom. The molecule has 1 aliphatic rings. The van der Waals surface area contributed by atoms with Crippen LogP contribution in [0.15, 0.2) is 54.6 Å². The Balaban J connectivity index is 1.57. The average Bonchev–Trinajstić information content (AvgIpc) is 2.60. The van der Waals surface area contributed by atoms with Crippen LogP contribution in [-0.2, 0) is 20.8 Å².